The number of para-hydroxylation sites is 1. The molecule has 3 N–H and O–H groups in total. The Bertz CT molecular complexity index is 960. The zero-order chi connectivity index (χ0) is 21.9. The summed E-state index contributed by atoms with van der Waals surface area (Å²) >= 11 is 4.98. The Morgan fingerprint density at radius 3 is 2.50 bits per heavy atom. The number of nitrogens with one attached hydrogen (secondary N) is 3. The van der Waals surface area contributed by atoms with Crippen molar-refractivity contribution in [2.75, 3.05) is 6.61 Å². The number of nitro groups is 1. The van der Waals surface area contributed by atoms with Gasteiger partial charge >= 0.3 is 0 Å². The van der Waals surface area contributed by atoms with Crippen LogP contribution in [0.2, 0.25) is 0 Å². The molecule has 0 saturated carbocycles. The number of ether oxygens (including phenoxy) is 1. The van der Waals surface area contributed by atoms with E-state index in [0.29, 0.717) is 23.5 Å². The first kappa shape index (κ1) is 22.5. The maximum Gasteiger partial charge on any atom is 0.273 e. The number of hydrogen-bond acceptors (Lipinski definition) is 6. The van der Waals surface area contributed by atoms with E-state index >= 15 is 0 Å². The van der Waals surface area contributed by atoms with Crippen molar-refractivity contribution < 1.29 is 19.2 Å². The average Bonchev–Trinajstić information content (AvgIpc) is 2.75. The standard InChI is InChI=1S/C20H20N4O5S/c1-2-13-29-17-6-4-3-5-16(17)19(26)22-23-20(30)21-18(25)12-9-14-7-10-15(11-8-14)24(27)28/h3-12H,2,13H2,1H3,(H,22,26)(H2,21,23,25,30)/b12-9+. The second-order valence-corrected chi connectivity index (χ2v) is 6.33. The molecule has 0 saturated heterocycles. The number of benzene rings is 2. The number of carbonyl (C=O) groups is 2. The van der Waals surface area contributed by atoms with E-state index in [9.17, 15) is 19.7 Å². The van der Waals surface area contributed by atoms with Crippen LogP contribution in [0.4, 0.5) is 5.69 Å². The molecule has 0 aliphatic heterocycles. The number of non-ortho nitro benzene ring substituents is 1. The molecule has 0 bridgehead atoms. The molecule has 0 aliphatic rings. The minimum Gasteiger partial charge on any atom is -0.493 e. The van der Waals surface area contributed by atoms with Gasteiger partial charge < -0.3 is 4.74 Å². The first-order valence-electron chi connectivity index (χ1n) is 8.96. The molecule has 0 unspecified atom stereocenters. The van der Waals surface area contributed by atoms with Gasteiger partial charge in [-0.05, 0) is 54.5 Å². The summed E-state index contributed by atoms with van der Waals surface area (Å²) in [5.74, 6) is -0.564. The molecule has 156 valence electrons. The third-order valence-corrected chi connectivity index (χ3v) is 3.85. The largest absolute Gasteiger partial charge is 0.493 e. The summed E-state index contributed by atoms with van der Waals surface area (Å²) in [6.07, 6.45) is 3.49. The predicted octanol–water partition coefficient (Wildman–Crippen LogP) is 2.73. The van der Waals surface area contributed by atoms with E-state index in [1.54, 1.807) is 24.3 Å². The number of hydrogen-bond donors (Lipinski definition) is 3. The summed E-state index contributed by atoms with van der Waals surface area (Å²) in [7, 11) is 0. The SMILES string of the molecule is CCCOc1ccccc1C(=O)NNC(=S)NC(=O)/C=C/c1ccc([N+](=O)[O-])cc1. The lowest BCUT2D eigenvalue weighted by atomic mass is 10.2. The van der Waals surface area contributed by atoms with Crippen molar-refractivity contribution in [3.8, 4) is 5.75 Å². The fraction of sp³-hybridized carbons (Fsp3) is 0.150. The first-order valence-corrected chi connectivity index (χ1v) is 9.37. The van der Waals surface area contributed by atoms with Crippen LogP contribution < -0.4 is 20.9 Å². The highest BCUT2D eigenvalue weighted by molar-refractivity contribution is 7.80. The molecule has 0 spiro atoms. The van der Waals surface area contributed by atoms with Crippen LogP contribution in [0.3, 0.4) is 0 Å². The molecule has 0 radical (unpaired) electrons. The van der Waals surface area contributed by atoms with Crippen molar-refractivity contribution in [3.63, 3.8) is 0 Å². The van der Waals surface area contributed by atoms with Crippen molar-refractivity contribution in [3.05, 3.63) is 75.8 Å². The summed E-state index contributed by atoms with van der Waals surface area (Å²) in [4.78, 5) is 34.4. The van der Waals surface area contributed by atoms with Crippen molar-refractivity contribution in [1.82, 2.24) is 16.2 Å². The second-order valence-electron chi connectivity index (χ2n) is 5.92. The molecule has 2 aromatic carbocycles. The predicted molar refractivity (Wildman–Crippen MR) is 116 cm³/mol. The van der Waals surface area contributed by atoms with Crippen LogP contribution in [0.15, 0.2) is 54.6 Å². The fourth-order valence-corrected chi connectivity index (χ4v) is 2.39. The van der Waals surface area contributed by atoms with Crippen molar-refractivity contribution in [1.29, 1.82) is 0 Å². The van der Waals surface area contributed by atoms with E-state index in [0.717, 1.165) is 6.42 Å². The number of carbonyl (C=O) groups excluding carboxylic acids is 2. The smallest absolute Gasteiger partial charge is 0.273 e. The van der Waals surface area contributed by atoms with E-state index in [-0.39, 0.29) is 10.8 Å². The van der Waals surface area contributed by atoms with Gasteiger partial charge in [-0.25, -0.2) is 0 Å². The Labute approximate surface area is 178 Å². The number of nitrogens with zero attached hydrogens (tertiary/aromatic N) is 1. The van der Waals surface area contributed by atoms with Crippen LogP contribution >= 0.6 is 12.2 Å². The Balaban J connectivity index is 1.84. The summed E-state index contributed by atoms with van der Waals surface area (Å²) < 4.78 is 5.54. The number of thiocarbonyl (C=S) groups is 1. The highest BCUT2D eigenvalue weighted by atomic mass is 32.1. The van der Waals surface area contributed by atoms with Gasteiger partial charge in [0.25, 0.3) is 11.6 Å². The van der Waals surface area contributed by atoms with Crippen LogP contribution in [0.5, 0.6) is 5.75 Å². The number of nitro benzene ring substituents is 1. The van der Waals surface area contributed by atoms with E-state index < -0.39 is 16.7 Å². The van der Waals surface area contributed by atoms with Gasteiger partial charge in [0, 0.05) is 18.2 Å². The molecule has 0 atom stereocenters. The van der Waals surface area contributed by atoms with Crippen LogP contribution in [0, 0.1) is 10.1 Å². The summed E-state index contributed by atoms with van der Waals surface area (Å²) in [6, 6.07) is 12.5. The highest BCUT2D eigenvalue weighted by Gasteiger charge is 2.12. The zero-order valence-electron chi connectivity index (χ0n) is 16.1. The second kappa shape index (κ2) is 11.3. The topological polar surface area (TPSA) is 123 Å². The fourth-order valence-electron chi connectivity index (χ4n) is 2.24. The minimum absolute atomic E-state index is 0.0422. The van der Waals surface area contributed by atoms with E-state index in [2.05, 4.69) is 16.2 Å². The first-order chi connectivity index (χ1) is 14.4. The summed E-state index contributed by atoms with van der Waals surface area (Å²) in [5.41, 5.74) is 5.73. The van der Waals surface area contributed by atoms with Gasteiger partial charge in [-0.15, -0.1) is 0 Å². The lowest BCUT2D eigenvalue weighted by molar-refractivity contribution is -0.384. The zero-order valence-corrected chi connectivity index (χ0v) is 16.9. The number of rotatable bonds is 7. The normalized spacial score (nSPS) is 10.3. The molecule has 0 fully saturated rings. The van der Waals surface area contributed by atoms with Gasteiger partial charge in [0.05, 0.1) is 17.1 Å². The molecular formula is C20H20N4O5S. The van der Waals surface area contributed by atoms with Crippen LogP contribution in [-0.4, -0.2) is 28.5 Å². The molecule has 2 amide bonds. The van der Waals surface area contributed by atoms with Gasteiger partial charge in [-0.2, -0.15) is 0 Å². The van der Waals surface area contributed by atoms with Crippen LogP contribution in [-0.2, 0) is 4.79 Å². The Morgan fingerprint density at radius 2 is 1.83 bits per heavy atom. The molecule has 2 rings (SSSR count). The maximum atomic E-state index is 12.3. The highest BCUT2D eigenvalue weighted by Crippen LogP contribution is 2.17. The molecule has 10 heteroatoms. The molecule has 9 nitrogen and oxygen atoms in total. The van der Waals surface area contributed by atoms with E-state index in [1.807, 2.05) is 6.92 Å². The minimum atomic E-state index is -0.535. The van der Waals surface area contributed by atoms with Crippen molar-refractivity contribution in [2.45, 2.75) is 13.3 Å². The maximum absolute atomic E-state index is 12.3. The monoisotopic (exact) mass is 428 g/mol. The Morgan fingerprint density at radius 1 is 1.13 bits per heavy atom. The van der Waals surface area contributed by atoms with E-state index in [1.165, 1.54) is 36.4 Å². The van der Waals surface area contributed by atoms with Crippen molar-refractivity contribution in [2.24, 2.45) is 0 Å². The Kier molecular flexibility index (Phi) is 8.45. The molecule has 30 heavy (non-hydrogen) atoms. The van der Waals surface area contributed by atoms with Crippen LogP contribution in [0.25, 0.3) is 6.08 Å². The van der Waals surface area contributed by atoms with Gasteiger partial charge in [0.2, 0.25) is 5.91 Å². The molecular weight excluding hydrogens is 408 g/mol. The van der Waals surface area contributed by atoms with Gasteiger partial charge in [0.1, 0.15) is 5.75 Å². The molecule has 2 aromatic rings. The quantitative estimate of drug-likeness (QED) is 0.268. The lowest BCUT2D eigenvalue weighted by Crippen LogP contribution is -2.48. The van der Waals surface area contributed by atoms with Crippen LogP contribution in [0.1, 0.15) is 29.3 Å². The van der Waals surface area contributed by atoms with Gasteiger partial charge in [-0.3, -0.25) is 35.9 Å². The van der Waals surface area contributed by atoms with Gasteiger partial charge in [0.15, 0.2) is 5.11 Å². The molecule has 0 aromatic heterocycles. The summed E-state index contributed by atoms with van der Waals surface area (Å²) in [5, 5.41) is 12.9. The Hall–Kier alpha value is -3.79. The average molecular weight is 428 g/mol. The summed E-state index contributed by atoms with van der Waals surface area (Å²) in [6.45, 7) is 2.44. The third kappa shape index (κ3) is 6.99. The van der Waals surface area contributed by atoms with Crippen molar-refractivity contribution >= 4 is 40.9 Å². The molecule has 0 aliphatic carbocycles. The van der Waals surface area contributed by atoms with E-state index in [4.69, 9.17) is 17.0 Å². The number of hydrazine groups is 1. The lowest BCUT2D eigenvalue weighted by Gasteiger charge is -2.12. The van der Waals surface area contributed by atoms with Gasteiger partial charge in [-0.1, -0.05) is 19.1 Å². The third-order valence-electron chi connectivity index (χ3n) is 3.65. The molecule has 0 heterocycles. The number of amides is 2.